The van der Waals surface area contributed by atoms with E-state index < -0.39 is 8.80 Å². The molecule has 0 aromatic heterocycles. The van der Waals surface area contributed by atoms with Crippen LogP contribution < -0.4 is 0 Å². The van der Waals surface area contributed by atoms with E-state index in [-0.39, 0.29) is 0 Å². The highest BCUT2D eigenvalue weighted by Crippen LogP contribution is 2.23. The number of hydrogen-bond donors (Lipinski definition) is 0. The van der Waals surface area contributed by atoms with Gasteiger partial charge in [0.2, 0.25) is 0 Å². The average molecular weight is 487 g/mol. The minimum atomic E-state index is -2.56. The molecule has 200 valence electrons. The van der Waals surface area contributed by atoms with Crippen molar-refractivity contribution in [3.63, 3.8) is 0 Å². The van der Waals surface area contributed by atoms with Crippen molar-refractivity contribution in [2.75, 3.05) is 19.8 Å². The highest BCUT2D eigenvalue weighted by atomic mass is 28.4. The Bertz CT molecular complexity index is 319. The monoisotopic (exact) mass is 486 g/mol. The summed E-state index contributed by atoms with van der Waals surface area (Å²) in [6.07, 6.45) is 27.0. The first kappa shape index (κ1) is 33.1. The maximum atomic E-state index is 6.57. The summed E-state index contributed by atoms with van der Waals surface area (Å²) in [5.41, 5.74) is 0. The van der Waals surface area contributed by atoms with E-state index in [0.717, 1.165) is 45.1 Å². The Balaban J connectivity index is 4.61. The normalized spacial score (nSPS) is 12.0. The van der Waals surface area contributed by atoms with Crippen LogP contribution in [0.1, 0.15) is 163 Å². The molecule has 0 N–H and O–H groups in total. The summed E-state index contributed by atoms with van der Waals surface area (Å²) in [5, 5.41) is 0. The van der Waals surface area contributed by atoms with E-state index >= 15 is 0 Å². The average Bonchev–Trinajstić information content (AvgIpc) is 2.82. The van der Waals surface area contributed by atoms with Crippen molar-refractivity contribution in [3.05, 3.63) is 0 Å². The van der Waals surface area contributed by atoms with Crippen molar-refractivity contribution >= 4 is 8.80 Å². The zero-order chi connectivity index (χ0) is 24.3. The number of unbranched alkanes of at least 4 members (excludes halogenated alkanes) is 17. The quantitative estimate of drug-likeness (QED) is 0.0813. The Morgan fingerprint density at radius 1 is 0.333 bits per heavy atom. The van der Waals surface area contributed by atoms with Crippen LogP contribution in [0.3, 0.4) is 0 Å². The van der Waals surface area contributed by atoms with Crippen LogP contribution in [0.2, 0.25) is 6.04 Å². The SMILES string of the molecule is CCCCCCCCO[Si](CCCCC)(OCCCCCCCC)OCCCCCCCC. The van der Waals surface area contributed by atoms with Gasteiger partial charge in [0.15, 0.2) is 0 Å². The predicted molar refractivity (Wildman–Crippen MR) is 148 cm³/mol. The molecule has 3 nitrogen and oxygen atoms in total. The molecular weight excluding hydrogens is 424 g/mol. The maximum Gasteiger partial charge on any atom is 0.500 e. The molecule has 0 radical (unpaired) electrons. The maximum absolute atomic E-state index is 6.57. The zero-order valence-electron chi connectivity index (χ0n) is 23.4. The lowest BCUT2D eigenvalue weighted by Gasteiger charge is -2.30. The lowest BCUT2D eigenvalue weighted by atomic mass is 10.1. The molecule has 0 saturated carbocycles. The fourth-order valence-electron chi connectivity index (χ4n) is 4.26. The van der Waals surface area contributed by atoms with Crippen LogP contribution in [0.4, 0.5) is 0 Å². The van der Waals surface area contributed by atoms with Gasteiger partial charge in [0.1, 0.15) is 0 Å². The van der Waals surface area contributed by atoms with Gasteiger partial charge in [-0.2, -0.15) is 0 Å². The summed E-state index contributed by atoms with van der Waals surface area (Å²) in [6.45, 7) is 11.6. The van der Waals surface area contributed by atoms with Crippen LogP contribution in [0.25, 0.3) is 0 Å². The first-order chi connectivity index (χ1) is 16.2. The van der Waals surface area contributed by atoms with Gasteiger partial charge in [0.05, 0.1) is 0 Å². The second-order valence-electron chi connectivity index (χ2n) is 9.99. The van der Waals surface area contributed by atoms with Crippen LogP contribution in [0, 0.1) is 0 Å². The highest BCUT2D eigenvalue weighted by molar-refractivity contribution is 6.60. The second-order valence-corrected chi connectivity index (χ2v) is 12.7. The summed E-state index contributed by atoms with van der Waals surface area (Å²) >= 11 is 0. The molecule has 0 bridgehead atoms. The topological polar surface area (TPSA) is 27.7 Å². The molecule has 0 heterocycles. The second kappa shape index (κ2) is 26.7. The first-order valence-corrected chi connectivity index (χ1v) is 17.1. The van der Waals surface area contributed by atoms with Gasteiger partial charge in [-0.15, -0.1) is 0 Å². The van der Waals surface area contributed by atoms with E-state index in [1.165, 1.54) is 116 Å². The minimum absolute atomic E-state index is 0.817. The van der Waals surface area contributed by atoms with Crippen molar-refractivity contribution in [1.82, 2.24) is 0 Å². The zero-order valence-corrected chi connectivity index (χ0v) is 24.4. The molecule has 0 aliphatic heterocycles. The van der Waals surface area contributed by atoms with Crippen LogP contribution in [-0.4, -0.2) is 28.6 Å². The summed E-state index contributed by atoms with van der Waals surface area (Å²) in [4.78, 5) is 0. The summed E-state index contributed by atoms with van der Waals surface area (Å²) in [6, 6.07) is 1.00. The first-order valence-electron chi connectivity index (χ1n) is 15.2. The molecule has 33 heavy (non-hydrogen) atoms. The predicted octanol–water partition coefficient (Wildman–Crippen LogP) is 10.2. The molecule has 0 unspecified atom stereocenters. The number of rotatable bonds is 28. The highest BCUT2D eigenvalue weighted by Gasteiger charge is 2.40. The largest absolute Gasteiger partial charge is 0.500 e. The lowest BCUT2D eigenvalue weighted by molar-refractivity contribution is 0.0546. The third-order valence-electron chi connectivity index (χ3n) is 6.55. The molecule has 0 aliphatic rings. The molecule has 0 aliphatic carbocycles. The third-order valence-corrected chi connectivity index (χ3v) is 9.44. The van der Waals surface area contributed by atoms with Crippen molar-refractivity contribution in [3.8, 4) is 0 Å². The van der Waals surface area contributed by atoms with Crippen molar-refractivity contribution in [1.29, 1.82) is 0 Å². The molecule has 0 saturated heterocycles. The molecular formula is C29H62O3Si. The van der Waals surface area contributed by atoms with Gasteiger partial charge in [-0.3, -0.25) is 0 Å². The Hall–Kier alpha value is 0.0969. The summed E-state index contributed by atoms with van der Waals surface area (Å²) in [5.74, 6) is 0. The minimum Gasteiger partial charge on any atom is -0.373 e. The van der Waals surface area contributed by atoms with E-state index in [0.29, 0.717) is 0 Å². The Labute approximate surface area is 210 Å². The van der Waals surface area contributed by atoms with Crippen LogP contribution in [0.5, 0.6) is 0 Å². The Kier molecular flexibility index (Phi) is 26.8. The molecule has 0 rings (SSSR count). The van der Waals surface area contributed by atoms with Crippen molar-refractivity contribution in [2.45, 2.75) is 169 Å². The standard InChI is InChI=1S/C29H62O3Si/c1-5-9-13-16-19-22-26-30-33(29-25-12-8-4,31-27-23-20-17-14-10-6-2)32-28-24-21-18-15-11-7-3/h5-29H2,1-4H3. The molecule has 0 fully saturated rings. The van der Waals surface area contributed by atoms with Crippen molar-refractivity contribution in [2.24, 2.45) is 0 Å². The Morgan fingerprint density at radius 3 is 0.939 bits per heavy atom. The molecule has 0 atom stereocenters. The lowest BCUT2D eigenvalue weighted by Crippen LogP contribution is -2.46. The van der Waals surface area contributed by atoms with Gasteiger partial charge in [-0.05, 0) is 25.7 Å². The van der Waals surface area contributed by atoms with E-state index in [2.05, 4.69) is 27.7 Å². The van der Waals surface area contributed by atoms with Gasteiger partial charge in [-0.1, -0.05) is 137 Å². The van der Waals surface area contributed by atoms with Gasteiger partial charge in [-0.25, -0.2) is 0 Å². The molecule has 0 aromatic rings. The van der Waals surface area contributed by atoms with Gasteiger partial charge >= 0.3 is 8.80 Å². The van der Waals surface area contributed by atoms with Crippen LogP contribution in [0.15, 0.2) is 0 Å². The Morgan fingerprint density at radius 2 is 0.606 bits per heavy atom. The molecule has 0 amide bonds. The van der Waals surface area contributed by atoms with Crippen LogP contribution >= 0.6 is 0 Å². The summed E-state index contributed by atoms with van der Waals surface area (Å²) < 4.78 is 19.7. The fourth-order valence-corrected chi connectivity index (χ4v) is 7.00. The molecule has 4 heteroatoms. The van der Waals surface area contributed by atoms with Gasteiger partial charge in [0.25, 0.3) is 0 Å². The molecule has 0 aromatic carbocycles. The van der Waals surface area contributed by atoms with Crippen molar-refractivity contribution < 1.29 is 13.3 Å². The summed E-state index contributed by atoms with van der Waals surface area (Å²) in [7, 11) is -2.56. The van der Waals surface area contributed by atoms with E-state index in [1.54, 1.807) is 0 Å². The van der Waals surface area contributed by atoms with E-state index in [4.69, 9.17) is 13.3 Å². The van der Waals surface area contributed by atoms with Gasteiger partial charge < -0.3 is 13.3 Å². The molecule has 0 spiro atoms. The van der Waals surface area contributed by atoms with Gasteiger partial charge in [0, 0.05) is 25.9 Å². The van der Waals surface area contributed by atoms with Crippen LogP contribution in [-0.2, 0) is 13.3 Å². The fraction of sp³-hybridized carbons (Fsp3) is 1.00. The third kappa shape index (κ3) is 22.3. The van der Waals surface area contributed by atoms with E-state index in [1.807, 2.05) is 0 Å². The van der Waals surface area contributed by atoms with E-state index in [9.17, 15) is 0 Å². The smallest absolute Gasteiger partial charge is 0.373 e. The number of hydrogen-bond acceptors (Lipinski definition) is 3.